The van der Waals surface area contributed by atoms with E-state index < -0.39 is 68.5 Å². The van der Waals surface area contributed by atoms with Crippen molar-refractivity contribution in [3.8, 4) is 5.75 Å². The first-order valence-corrected chi connectivity index (χ1v) is 11.4. The molecule has 17 heteroatoms. The molecule has 0 aliphatic carbocycles. The van der Waals surface area contributed by atoms with Gasteiger partial charge in [-0.25, -0.2) is 4.79 Å². The van der Waals surface area contributed by atoms with E-state index in [1.54, 1.807) is 0 Å². The van der Waals surface area contributed by atoms with Crippen molar-refractivity contribution in [1.82, 2.24) is 0 Å². The molecule has 0 aromatic heterocycles. The maximum absolute atomic E-state index is 14.2. The SMILES string of the molecule is CCOC(=O)C(=O)c1c(C)cc2cc(Br)ccc2c1OS(=O)(=O)C(F)(F)C(F)(F)C(F)(F)C(F)(F)F. The van der Waals surface area contributed by atoms with Gasteiger partial charge in [0.25, 0.3) is 5.78 Å². The fourth-order valence-corrected chi connectivity index (χ4v) is 4.14. The van der Waals surface area contributed by atoms with E-state index in [9.17, 15) is 57.5 Å². The molecule has 0 aliphatic rings. The number of hydrogen-bond donors (Lipinski definition) is 0. The van der Waals surface area contributed by atoms with Crippen LogP contribution in [0.15, 0.2) is 28.7 Å². The van der Waals surface area contributed by atoms with Gasteiger partial charge in [0.15, 0.2) is 5.75 Å². The van der Waals surface area contributed by atoms with Crippen LogP contribution in [0.2, 0.25) is 0 Å². The van der Waals surface area contributed by atoms with E-state index in [-0.39, 0.29) is 15.4 Å². The zero-order chi connectivity index (χ0) is 28.1. The average Bonchev–Trinajstić information content (AvgIpc) is 2.71. The molecular weight excluding hydrogens is 607 g/mol. The predicted molar refractivity (Wildman–Crippen MR) is 108 cm³/mol. The lowest BCUT2D eigenvalue weighted by Crippen LogP contribution is -2.63. The summed E-state index contributed by atoms with van der Waals surface area (Å²) >= 11 is 3.02. The third kappa shape index (κ3) is 4.73. The number of carbonyl (C=O) groups excluding carboxylic acids is 2. The number of halogens is 10. The normalized spacial score (nSPS) is 13.6. The van der Waals surface area contributed by atoms with Crippen LogP contribution in [0.25, 0.3) is 10.8 Å². The summed E-state index contributed by atoms with van der Waals surface area (Å²) < 4.78 is 153. The van der Waals surface area contributed by atoms with E-state index in [1.807, 2.05) is 0 Å². The summed E-state index contributed by atoms with van der Waals surface area (Å²) in [6.45, 7) is 1.90. The average molecular weight is 619 g/mol. The minimum atomic E-state index is -7.56. The van der Waals surface area contributed by atoms with Crippen molar-refractivity contribution in [2.24, 2.45) is 0 Å². The second-order valence-electron chi connectivity index (χ2n) is 7.01. The molecule has 0 saturated carbocycles. The molecule has 0 N–H and O–H groups in total. The second-order valence-corrected chi connectivity index (χ2v) is 9.52. The van der Waals surface area contributed by atoms with Gasteiger partial charge in [-0.3, -0.25) is 4.79 Å². The molecule has 200 valence electrons. The van der Waals surface area contributed by atoms with Crippen molar-refractivity contribution in [3.05, 3.63) is 39.9 Å². The van der Waals surface area contributed by atoms with E-state index in [0.29, 0.717) is 0 Å². The molecule has 36 heavy (non-hydrogen) atoms. The summed E-state index contributed by atoms with van der Waals surface area (Å²) in [6, 6.07) is 4.36. The molecule has 0 aliphatic heterocycles. The van der Waals surface area contributed by atoms with Crippen molar-refractivity contribution in [2.45, 2.75) is 37.1 Å². The Morgan fingerprint density at radius 3 is 2.00 bits per heavy atom. The number of carbonyl (C=O) groups is 2. The van der Waals surface area contributed by atoms with Crippen LogP contribution in [-0.2, 0) is 19.6 Å². The number of ether oxygens (including phenoxy) is 1. The molecule has 0 atom stereocenters. The third-order valence-corrected chi connectivity index (χ3v) is 6.33. The van der Waals surface area contributed by atoms with Gasteiger partial charge in [-0.2, -0.15) is 47.9 Å². The molecule has 0 fully saturated rings. The van der Waals surface area contributed by atoms with Gasteiger partial charge < -0.3 is 8.92 Å². The van der Waals surface area contributed by atoms with Crippen LogP contribution >= 0.6 is 15.9 Å². The summed E-state index contributed by atoms with van der Waals surface area (Å²) in [5.41, 5.74) is -1.45. The highest BCUT2D eigenvalue weighted by atomic mass is 79.9. The molecule has 6 nitrogen and oxygen atoms in total. The van der Waals surface area contributed by atoms with Gasteiger partial charge in [0.1, 0.15) is 0 Å². The highest BCUT2D eigenvalue weighted by Crippen LogP contribution is 2.55. The van der Waals surface area contributed by atoms with Gasteiger partial charge in [-0.15, -0.1) is 0 Å². The van der Waals surface area contributed by atoms with Crippen LogP contribution in [0.3, 0.4) is 0 Å². The lowest BCUT2D eigenvalue weighted by atomic mass is 9.97. The van der Waals surface area contributed by atoms with Gasteiger partial charge in [0.05, 0.1) is 12.2 Å². The molecular formula is C19H12BrF9O6S. The molecule has 2 aromatic carbocycles. The zero-order valence-corrected chi connectivity index (χ0v) is 20.1. The summed E-state index contributed by atoms with van der Waals surface area (Å²) in [5.74, 6) is -20.0. The smallest absolute Gasteiger partial charge is 0.460 e. The Bertz CT molecular complexity index is 1320. The third-order valence-electron chi connectivity index (χ3n) is 4.56. The maximum Gasteiger partial charge on any atom is 0.460 e. The topological polar surface area (TPSA) is 86.7 Å². The molecule has 0 heterocycles. The monoisotopic (exact) mass is 618 g/mol. The van der Waals surface area contributed by atoms with Gasteiger partial charge in [-0.1, -0.05) is 22.0 Å². The fourth-order valence-electron chi connectivity index (χ4n) is 2.83. The fraction of sp³-hybridized carbons (Fsp3) is 0.368. The van der Waals surface area contributed by atoms with Gasteiger partial charge >= 0.3 is 39.4 Å². The van der Waals surface area contributed by atoms with Crippen molar-refractivity contribution in [2.75, 3.05) is 6.61 Å². The second kappa shape index (κ2) is 9.39. The standard InChI is InChI=1S/C19H12BrF9O6S/c1-3-34-15(31)13(30)12-8(2)6-9-7-10(20)4-5-11(9)14(12)35-36(32,33)19(28,29)17(23,24)16(21,22)18(25,26)27/h4-7H,3H2,1-2H3. The molecule has 0 bridgehead atoms. The summed E-state index contributed by atoms with van der Waals surface area (Å²) in [5, 5.41) is -7.86. The Morgan fingerprint density at radius 1 is 0.944 bits per heavy atom. The molecule has 2 rings (SSSR count). The Morgan fingerprint density at radius 2 is 1.50 bits per heavy atom. The van der Waals surface area contributed by atoms with E-state index in [4.69, 9.17) is 0 Å². The number of alkyl halides is 9. The number of fused-ring (bicyclic) bond motifs is 1. The largest absolute Gasteiger partial charge is 0.460 e. The molecule has 2 aromatic rings. The lowest BCUT2D eigenvalue weighted by Gasteiger charge is -2.32. The number of benzene rings is 2. The molecule has 0 amide bonds. The Balaban J connectivity index is 2.83. The number of rotatable bonds is 8. The van der Waals surface area contributed by atoms with Crippen LogP contribution in [-0.4, -0.2) is 50.1 Å². The predicted octanol–water partition coefficient (Wildman–Crippen LogP) is 5.79. The van der Waals surface area contributed by atoms with Gasteiger partial charge in [0, 0.05) is 9.86 Å². The number of hydrogen-bond acceptors (Lipinski definition) is 6. The molecule has 0 unspecified atom stereocenters. The van der Waals surface area contributed by atoms with Crippen molar-refractivity contribution < 1.29 is 66.4 Å². The maximum atomic E-state index is 14.2. The Kier molecular flexibility index (Phi) is 7.74. The van der Waals surface area contributed by atoms with Crippen molar-refractivity contribution in [3.63, 3.8) is 0 Å². The molecule has 0 saturated heterocycles. The van der Waals surface area contributed by atoms with Crippen LogP contribution in [0.4, 0.5) is 39.5 Å². The van der Waals surface area contributed by atoms with E-state index in [1.165, 1.54) is 13.0 Å². The van der Waals surface area contributed by atoms with Gasteiger partial charge in [0.2, 0.25) is 0 Å². The number of esters is 1. The Labute approximate surface area is 204 Å². The van der Waals surface area contributed by atoms with Crippen LogP contribution in [0, 0.1) is 6.92 Å². The van der Waals surface area contributed by atoms with E-state index in [0.717, 1.165) is 25.1 Å². The van der Waals surface area contributed by atoms with Crippen LogP contribution < -0.4 is 4.18 Å². The zero-order valence-electron chi connectivity index (χ0n) is 17.7. The highest BCUT2D eigenvalue weighted by Gasteiger charge is 2.86. The molecule has 0 spiro atoms. The first-order chi connectivity index (χ1) is 16.1. The van der Waals surface area contributed by atoms with Crippen molar-refractivity contribution in [1.29, 1.82) is 0 Å². The first-order valence-electron chi connectivity index (χ1n) is 9.22. The minimum absolute atomic E-state index is 0.0943. The van der Waals surface area contributed by atoms with Gasteiger partial charge in [-0.05, 0) is 43.0 Å². The minimum Gasteiger partial charge on any atom is -0.460 e. The first kappa shape index (κ1) is 29.7. The highest BCUT2D eigenvalue weighted by molar-refractivity contribution is 9.10. The van der Waals surface area contributed by atoms with E-state index in [2.05, 4.69) is 24.8 Å². The van der Waals surface area contributed by atoms with Crippen molar-refractivity contribution >= 4 is 48.6 Å². The number of ketones is 1. The summed E-state index contributed by atoms with van der Waals surface area (Å²) in [4.78, 5) is 24.5. The number of aryl methyl sites for hydroxylation is 1. The van der Waals surface area contributed by atoms with E-state index >= 15 is 0 Å². The van der Waals surface area contributed by atoms with Crippen LogP contribution in [0.5, 0.6) is 5.75 Å². The lowest BCUT2D eigenvalue weighted by molar-refractivity contribution is -0.382. The summed E-state index contributed by atoms with van der Waals surface area (Å²) in [6.07, 6.45) is -7.29. The van der Waals surface area contributed by atoms with Crippen LogP contribution in [0.1, 0.15) is 22.8 Å². The molecule has 0 radical (unpaired) electrons. The number of Topliss-reactive ketones (excluding diaryl/α,β-unsaturated/α-hetero) is 1. The quantitative estimate of drug-likeness (QED) is 0.122. The Hall–Kier alpha value is -2.56. The summed E-state index contributed by atoms with van der Waals surface area (Å²) in [7, 11) is -7.41.